The highest BCUT2D eigenvalue weighted by atomic mass is 16.3. The van der Waals surface area contributed by atoms with Gasteiger partial charge in [-0.25, -0.2) is 0 Å². The van der Waals surface area contributed by atoms with Crippen molar-refractivity contribution in [1.29, 1.82) is 0 Å². The van der Waals surface area contributed by atoms with Gasteiger partial charge in [0.1, 0.15) is 11.5 Å². The Hall–Kier alpha value is -1.55. The smallest absolute Gasteiger partial charge is 0.154 e. The van der Waals surface area contributed by atoms with Crippen molar-refractivity contribution in [2.24, 2.45) is 0 Å². The Morgan fingerprint density at radius 2 is 2.19 bits per heavy atom. The van der Waals surface area contributed by atoms with Crippen LogP contribution in [0.2, 0.25) is 0 Å². The number of hydrogen-bond acceptors (Lipinski definition) is 3. The van der Waals surface area contributed by atoms with E-state index in [1.54, 1.807) is 0 Å². The molecule has 0 aliphatic rings. The topological polar surface area (TPSA) is 53.9 Å². The van der Waals surface area contributed by atoms with Crippen LogP contribution in [-0.4, -0.2) is 23.8 Å². The Bertz CT molecular complexity index is 470. The van der Waals surface area contributed by atoms with Crippen molar-refractivity contribution in [3.05, 3.63) is 29.2 Å². The highest BCUT2D eigenvalue weighted by Gasteiger charge is 2.13. The number of hydrogen-bond donors (Lipinski definition) is 2. The van der Waals surface area contributed by atoms with Crippen LogP contribution in [0.4, 0.5) is 0 Å². The number of H-pyrrole nitrogens is 1. The van der Waals surface area contributed by atoms with Crippen molar-refractivity contribution in [2.75, 3.05) is 13.6 Å². The van der Waals surface area contributed by atoms with Gasteiger partial charge < -0.3 is 9.73 Å². The molecule has 2 heterocycles. The summed E-state index contributed by atoms with van der Waals surface area (Å²) in [7, 11) is 1.95. The van der Waals surface area contributed by atoms with Gasteiger partial charge in [-0.1, -0.05) is 0 Å². The SMILES string of the molecule is CNCCc1[nH]nc(-c2ccc(C)o2)c1C. The molecule has 0 saturated heterocycles. The highest BCUT2D eigenvalue weighted by molar-refractivity contribution is 5.58. The van der Waals surface area contributed by atoms with E-state index in [0.717, 1.165) is 30.2 Å². The summed E-state index contributed by atoms with van der Waals surface area (Å²) < 4.78 is 5.57. The lowest BCUT2D eigenvalue weighted by Crippen LogP contribution is -2.11. The normalized spacial score (nSPS) is 10.9. The molecule has 0 atom stereocenters. The van der Waals surface area contributed by atoms with Crippen LogP contribution in [0.25, 0.3) is 11.5 Å². The molecule has 0 fully saturated rings. The summed E-state index contributed by atoms with van der Waals surface area (Å²) in [6, 6.07) is 3.91. The maximum atomic E-state index is 5.57. The van der Waals surface area contributed by atoms with Crippen LogP contribution in [0.15, 0.2) is 16.5 Å². The molecular weight excluding hydrogens is 202 g/mol. The van der Waals surface area contributed by atoms with Crippen LogP contribution >= 0.6 is 0 Å². The summed E-state index contributed by atoms with van der Waals surface area (Å²) >= 11 is 0. The van der Waals surface area contributed by atoms with E-state index in [1.807, 2.05) is 26.1 Å². The first-order chi connectivity index (χ1) is 7.72. The third-order valence-electron chi connectivity index (χ3n) is 2.71. The third kappa shape index (κ3) is 2.02. The minimum Gasteiger partial charge on any atom is -0.460 e. The monoisotopic (exact) mass is 219 g/mol. The van der Waals surface area contributed by atoms with Crippen LogP contribution in [0.3, 0.4) is 0 Å². The number of likely N-dealkylation sites (N-methyl/N-ethyl adjacent to an activating group) is 1. The molecule has 0 amide bonds. The lowest BCUT2D eigenvalue weighted by Gasteiger charge is -1.98. The standard InChI is InChI=1S/C12H17N3O/c1-8-4-5-11(16-8)12-9(2)10(14-15-12)6-7-13-3/h4-5,13H,6-7H2,1-3H3,(H,14,15). The van der Waals surface area contributed by atoms with Crippen molar-refractivity contribution >= 4 is 0 Å². The third-order valence-corrected chi connectivity index (χ3v) is 2.71. The van der Waals surface area contributed by atoms with E-state index < -0.39 is 0 Å². The number of nitrogens with zero attached hydrogens (tertiary/aromatic N) is 1. The van der Waals surface area contributed by atoms with Gasteiger partial charge in [0.15, 0.2) is 5.76 Å². The van der Waals surface area contributed by atoms with Gasteiger partial charge in [0.2, 0.25) is 0 Å². The Kier molecular flexibility index (Phi) is 3.10. The van der Waals surface area contributed by atoms with Crippen LogP contribution < -0.4 is 5.32 Å². The van der Waals surface area contributed by atoms with E-state index >= 15 is 0 Å². The van der Waals surface area contributed by atoms with Crippen LogP contribution in [0.5, 0.6) is 0 Å². The predicted molar refractivity (Wildman–Crippen MR) is 63.4 cm³/mol. The molecule has 0 spiro atoms. The molecule has 0 aliphatic carbocycles. The molecule has 2 aromatic rings. The fraction of sp³-hybridized carbons (Fsp3) is 0.417. The molecule has 0 aliphatic heterocycles. The van der Waals surface area contributed by atoms with Crippen molar-refractivity contribution in [1.82, 2.24) is 15.5 Å². The van der Waals surface area contributed by atoms with Crippen LogP contribution in [0.1, 0.15) is 17.0 Å². The van der Waals surface area contributed by atoms with Crippen molar-refractivity contribution in [2.45, 2.75) is 20.3 Å². The molecule has 0 bridgehead atoms. The zero-order chi connectivity index (χ0) is 11.5. The zero-order valence-corrected chi connectivity index (χ0v) is 9.92. The molecule has 0 unspecified atom stereocenters. The quantitative estimate of drug-likeness (QED) is 0.827. The number of aromatic nitrogens is 2. The van der Waals surface area contributed by atoms with Gasteiger partial charge in [-0.3, -0.25) is 5.10 Å². The molecule has 0 aromatic carbocycles. The fourth-order valence-corrected chi connectivity index (χ4v) is 1.73. The average Bonchev–Trinajstić information content (AvgIpc) is 2.83. The van der Waals surface area contributed by atoms with Crippen LogP contribution in [-0.2, 0) is 6.42 Å². The van der Waals surface area contributed by atoms with Gasteiger partial charge in [-0.2, -0.15) is 5.10 Å². The Morgan fingerprint density at radius 3 is 2.81 bits per heavy atom. The average molecular weight is 219 g/mol. The van der Waals surface area contributed by atoms with E-state index in [1.165, 1.54) is 11.3 Å². The van der Waals surface area contributed by atoms with Gasteiger partial charge in [-0.15, -0.1) is 0 Å². The lowest BCUT2D eigenvalue weighted by atomic mass is 10.1. The summed E-state index contributed by atoms with van der Waals surface area (Å²) in [5.41, 5.74) is 3.25. The van der Waals surface area contributed by atoms with Gasteiger partial charge in [0.05, 0.1) is 0 Å². The second-order valence-corrected chi connectivity index (χ2v) is 3.94. The fourth-order valence-electron chi connectivity index (χ4n) is 1.73. The minimum absolute atomic E-state index is 0.835. The molecule has 86 valence electrons. The summed E-state index contributed by atoms with van der Waals surface area (Å²) in [6.07, 6.45) is 0.953. The van der Waals surface area contributed by atoms with E-state index in [4.69, 9.17) is 4.42 Å². The summed E-state index contributed by atoms with van der Waals surface area (Å²) in [5.74, 6) is 1.75. The Labute approximate surface area is 95.1 Å². The van der Waals surface area contributed by atoms with E-state index in [-0.39, 0.29) is 0 Å². The second kappa shape index (κ2) is 4.53. The van der Waals surface area contributed by atoms with Crippen LogP contribution in [0, 0.1) is 13.8 Å². The molecule has 0 radical (unpaired) electrons. The molecular formula is C12H17N3O. The number of aryl methyl sites for hydroxylation is 1. The molecule has 2 N–H and O–H groups in total. The van der Waals surface area contributed by atoms with E-state index in [9.17, 15) is 0 Å². The first-order valence-electron chi connectivity index (χ1n) is 5.47. The van der Waals surface area contributed by atoms with Crippen molar-refractivity contribution in [3.8, 4) is 11.5 Å². The molecule has 4 heteroatoms. The molecule has 0 saturated carbocycles. The van der Waals surface area contributed by atoms with E-state index in [2.05, 4.69) is 22.4 Å². The predicted octanol–water partition coefficient (Wildman–Crippen LogP) is 2.05. The Morgan fingerprint density at radius 1 is 1.38 bits per heavy atom. The maximum Gasteiger partial charge on any atom is 0.154 e. The number of rotatable bonds is 4. The summed E-state index contributed by atoms with van der Waals surface area (Å²) in [5, 5.41) is 10.5. The maximum absolute atomic E-state index is 5.57. The largest absolute Gasteiger partial charge is 0.460 e. The lowest BCUT2D eigenvalue weighted by molar-refractivity contribution is 0.546. The minimum atomic E-state index is 0.835. The summed E-state index contributed by atoms with van der Waals surface area (Å²) in [6.45, 7) is 4.95. The first-order valence-corrected chi connectivity index (χ1v) is 5.47. The van der Waals surface area contributed by atoms with Crippen molar-refractivity contribution in [3.63, 3.8) is 0 Å². The molecule has 4 nitrogen and oxygen atoms in total. The van der Waals surface area contributed by atoms with Crippen molar-refractivity contribution < 1.29 is 4.42 Å². The number of nitrogens with one attached hydrogen (secondary N) is 2. The first kappa shape index (κ1) is 11.0. The highest BCUT2D eigenvalue weighted by Crippen LogP contribution is 2.24. The zero-order valence-electron chi connectivity index (χ0n) is 9.92. The van der Waals surface area contributed by atoms with Gasteiger partial charge in [-0.05, 0) is 33.0 Å². The van der Waals surface area contributed by atoms with E-state index in [0.29, 0.717) is 0 Å². The van der Waals surface area contributed by atoms with Gasteiger partial charge >= 0.3 is 0 Å². The van der Waals surface area contributed by atoms with Gasteiger partial charge in [0, 0.05) is 24.2 Å². The molecule has 16 heavy (non-hydrogen) atoms. The summed E-state index contributed by atoms with van der Waals surface area (Å²) in [4.78, 5) is 0. The molecule has 2 aromatic heterocycles. The molecule has 2 rings (SSSR count). The van der Waals surface area contributed by atoms with Gasteiger partial charge in [0.25, 0.3) is 0 Å². The Balaban J connectivity index is 2.26. The number of furan rings is 1. The second-order valence-electron chi connectivity index (χ2n) is 3.94. The number of aromatic amines is 1.